The minimum absolute atomic E-state index is 0.0666. The number of aromatic nitrogens is 2. The third kappa shape index (κ3) is 4.68. The molecular weight excluding hydrogens is 300 g/mol. The Hall–Kier alpha value is -2.14. The van der Waals surface area contributed by atoms with E-state index in [1.165, 1.54) is 5.56 Å². The number of carbonyl (C=O) groups excluding carboxylic acids is 1. The molecule has 0 fully saturated rings. The predicted molar refractivity (Wildman–Crippen MR) is 97.2 cm³/mol. The van der Waals surface area contributed by atoms with Crippen molar-refractivity contribution >= 4 is 5.91 Å². The first-order valence-electron chi connectivity index (χ1n) is 8.44. The Labute approximate surface area is 144 Å². The molecule has 0 aliphatic carbocycles. The van der Waals surface area contributed by atoms with Gasteiger partial charge in [-0.3, -0.25) is 9.69 Å². The lowest BCUT2D eigenvalue weighted by Gasteiger charge is -2.17. The molecule has 1 N–H and O–H groups in total. The Kier molecular flexibility index (Phi) is 6.15. The van der Waals surface area contributed by atoms with Gasteiger partial charge in [-0.15, -0.1) is 0 Å². The maximum atomic E-state index is 12.0. The maximum absolute atomic E-state index is 12.0. The Bertz CT molecular complexity index is 676. The second-order valence-corrected chi connectivity index (χ2v) is 6.77. The van der Waals surface area contributed by atoms with E-state index >= 15 is 0 Å². The van der Waals surface area contributed by atoms with E-state index in [0.717, 1.165) is 23.6 Å². The predicted octanol–water partition coefficient (Wildman–Crippen LogP) is 2.69. The van der Waals surface area contributed by atoms with E-state index in [1.807, 2.05) is 53.9 Å². The standard InChI is InChI=1S/C19H28N4O/c1-14(2)11-20-19(24)13-22(5)12-18-15(3)21-23(16(18)4)17-9-7-6-8-10-17/h6-10,14H,11-13H2,1-5H3,(H,20,24). The molecular formula is C19H28N4O. The van der Waals surface area contributed by atoms with Crippen LogP contribution in [0.25, 0.3) is 5.69 Å². The van der Waals surface area contributed by atoms with Gasteiger partial charge in [-0.1, -0.05) is 32.0 Å². The first-order chi connectivity index (χ1) is 11.4. The molecule has 1 heterocycles. The van der Waals surface area contributed by atoms with Crippen LogP contribution in [0.3, 0.4) is 0 Å². The lowest BCUT2D eigenvalue weighted by Crippen LogP contribution is -2.36. The number of aryl methyl sites for hydroxylation is 1. The third-order valence-corrected chi connectivity index (χ3v) is 3.99. The zero-order valence-corrected chi connectivity index (χ0v) is 15.3. The van der Waals surface area contributed by atoms with Crippen molar-refractivity contribution in [2.45, 2.75) is 34.2 Å². The van der Waals surface area contributed by atoms with Crippen LogP contribution in [-0.4, -0.2) is 40.7 Å². The Morgan fingerprint density at radius 2 is 1.92 bits per heavy atom. The van der Waals surface area contributed by atoms with Crippen molar-refractivity contribution in [3.8, 4) is 5.69 Å². The summed E-state index contributed by atoms with van der Waals surface area (Å²) in [4.78, 5) is 14.0. The molecule has 1 aromatic heterocycles. The van der Waals surface area contributed by atoms with Gasteiger partial charge in [0.2, 0.25) is 5.91 Å². The van der Waals surface area contributed by atoms with E-state index in [0.29, 0.717) is 19.0 Å². The van der Waals surface area contributed by atoms with E-state index in [4.69, 9.17) is 0 Å². The van der Waals surface area contributed by atoms with Crippen molar-refractivity contribution in [2.75, 3.05) is 20.1 Å². The molecule has 0 aliphatic rings. The van der Waals surface area contributed by atoms with Crippen LogP contribution in [0, 0.1) is 19.8 Å². The molecule has 5 nitrogen and oxygen atoms in total. The summed E-state index contributed by atoms with van der Waals surface area (Å²) in [6.45, 7) is 10.1. The van der Waals surface area contributed by atoms with E-state index < -0.39 is 0 Å². The smallest absolute Gasteiger partial charge is 0.234 e. The lowest BCUT2D eigenvalue weighted by atomic mass is 10.2. The van der Waals surface area contributed by atoms with Gasteiger partial charge in [-0.2, -0.15) is 5.10 Å². The monoisotopic (exact) mass is 328 g/mol. The van der Waals surface area contributed by atoms with Crippen molar-refractivity contribution < 1.29 is 4.79 Å². The number of hydrogen-bond acceptors (Lipinski definition) is 3. The lowest BCUT2D eigenvalue weighted by molar-refractivity contribution is -0.122. The quantitative estimate of drug-likeness (QED) is 0.850. The van der Waals surface area contributed by atoms with Crippen molar-refractivity contribution in [2.24, 2.45) is 5.92 Å². The fourth-order valence-electron chi connectivity index (χ4n) is 2.67. The summed E-state index contributed by atoms with van der Waals surface area (Å²) in [5.41, 5.74) is 4.36. The first kappa shape index (κ1) is 18.2. The molecule has 1 amide bonds. The van der Waals surface area contributed by atoms with Gasteiger partial charge in [0.05, 0.1) is 17.9 Å². The van der Waals surface area contributed by atoms with Crippen LogP contribution in [0.2, 0.25) is 0 Å². The minimum Gasteiger partial charge on any atom is -0.355 e. The van der Waals surface area contributed by atoms with Gasteiger partial charge in [0.1, 0.15) is 0 Å². The van der Waals surface area contributed by atoms with Crippen LogP contribution < -0.4 is 5.32 Å². The number of likely N-dealkylation sites (N-methyl/N-ethyl adjacent to an activating group) is 1. The number of amides is 1. The summed E-state index contributed by atoms with van der Waals surface area (Å²) >= 11 is 0. The van der Waals surface area contributed by atoms with Crippen molar-refractivity contribution in [3.63, 3.8) is 0 Å². The highest BCUT2D eigenvalue weighted by molar-refractivity contribution is 5.77. The molecule has 1 aromatic carbocycles. The van der Waals surface area contributed by atoms with Gasteiger partial charge < -0.3 is 5.32 Å². The largest absolute Gasteiger partial charge is 0.355 e. The van der Waals surface area contributed by atoms with Gasteiger partial charge in [-0.25, -0.2) is 4.68 Å². The summed E-state index contributed by atoms with van der Waals surface area (Å²) in [5.74, 6) is 0.532. The average molecular weight is 328 g/mol. The number of rotatable bonds is 7. The molecule has 5 heteroatoms. The van der Waals surface area contributed by atoms with Crippen LogP contribution in [0.4, 0.5) is 0 Å². The zero-order chi connectivity index (χ0) is 17.7. The second kappa shape index (κ2) is 8.11. The fourth-order valence-corrected chi connectivity index (χ4v) is 2.67. The van der Waals surface area contributed by atoms with Gasteiger partial charge in [0.15, 0.2) is 0 Å². The number of nitrogens with one attached hydrogen (secondary N) is 1. The Morgan fingerprint density at radius 3 is 2.54 bits per heavy atom. The van der Waals surface area contributed by atoms with Crippen LogP contribution in [-0.2, 0) is 11.3 Å². The van der Waals surface area contributed by atoms with Gasteiger partial charge in [0.25, 0.3) is 0 Å². The SMILES string of the molecule is Cc1nn(-c2ccccc2)c(C)c1CN(C)CC(=O)NCC(C)C. The fraction of sp³-hybridized carbons (Fsp3) is 0.474. The Balaban J connectivity index is 2.05. The van der Waals surface area contributed by atoms with Crippen LogP contribution in [0.15, 0.2) is 30.3 Å². The molecule has 0 atom stereocenters. The second-order valence-electron chi connectivity index (χ2n) is 6.77. The molecule has 0 unspecified atom stereocenters. The highest BCUT2D eigenvalue weighted by atomic mass is 16.2. The van der Waals surface area contributed by atoms with Crippen molar-refractivity contribution in [1.82, 2.24) is 20.0 Å². The van der Waals surface area contributed by atoms with Gasteiger partial charge in [-0.05, 0) is 38.9 Å². The van der Waals surface area contributed by atoms with Gasteiger partial charge >= 0.3 is 0 Å². The highest BCUT2D eigenvalue weighted by Crippen LogP contribution is 2.19. The first-order valence-corrected chi connectivity index (χ1v) is 8.44. The number of benzene rings is 1. The molecule has 0 saturated heterocycles. The summed E-state index contributed by atoms with van der Waals surface area (Å²) in [5, 5.41) is 7.62. The summed E-state index contributed by atoms with van der Waals surface area (Å²) in [6.07, 6.45) is 0. The van der Waals surface area contributed by atoms with E-state index in [2.05, 4.69) is 31.2 Å². The van der Waals surface area contributed by atoms with E-state index in [1.54, 1.807) is 0 Å². The number of hydrogen-bond donors (Lipinski definition) is 1. The summed E-state index contributed by atoms with van der Waals surface area (Å²) in [7, 11) is 1.97. The molecule has 0 bridgehead atoms. The number of para-hydroxylation sites is 1. The minimum atomic E-state index is 0.0666. The number of carbonyl (C=O) groups is 1. The maximum Gasteiger partial charge on any atom is 0.234 e. The van der Waals surface area contributed by atoms with Crippen LogP contribution >= 0.6 is 0 Å². The van der Waals surface area contributed by atoms with Crippen LogP contribution in [0.1, 0.15) is 30.8 Å². The number of nitrogens with zero attached hydrogens (tertiary/aromatic N) is 3. The normalized spacial score (nSPS) is 11.3. The highest BCUT2D eigenvalue weighted by Gasteiger charge is 2.15. The molecule has 24 heavy (non-hydrogen) atoms. The van der Waals surface area contributed by atoms with E-state index in [9.17, 15) is 4.79 Å². The molecule has 2 aromatic rings. The average Bonchev–Trinajstić information content (AvgIpc) is 2.82. The third-order valence-electron chi connectivity index (χ3n) is 3.99. The van der Waals surface area contributed by atoms with Crippen molar-refractivity contribution in [1.29, 1.82) is 0 Å². The summed E-state index contributed by atoms with van der Waals surface area (Å²) in [6, 6.07) is 10.1. The molecule has 130 valence electrons. The zero-order valence-electron chi connectivity index (χ0n) is 15.3. The summed E-state index contributed by atoms with van der Waals surface area (Å²) < 4.78 is 1.97. The van der Waals surface area contributed by atoms with Crippen molar-refractivity contribution in [3.05, 3.63) is 47.3 Å². The van der Waals surface area contributed by atoms with E-state index in [-0.39, 0.29) is 5.91 Å². The molecule has 2 rings (SSSR count). The van der Waals surface area contributed by atoms with Gasteiger partial charge in [0, 0.05) is 24.3 Å². The topological polar surface area (TPSA) is 50.2 Å². The molecule has 0 radical (unpaired) electrons. The molecule has 0 saturated carbocycles. The van der Waals surface area contributed by atoms with Crippen LogP contribution in [0.5, 0.6) is 0 Å². The Morgan fingerprint density at radius 1 is 1.25 bits per heavy atom. The molecule has 0 aliphatic heterocycles. The molecule has 0 spiro atoms.